The SMILES string of the molecule is N#Cc1cccc(NC(=O)C2(c3ccccc3F)CCC2)c1. The van der Waals surface area contributed by atoms with Gasteiger partial charge >= 0.3 is 0 Å². The normalized spacial score (nSPS) is 15.5. The van der Waals surface area contributed by atoms with E-state index in [-0.39, 0.29) is 11.7 Å². The molecular weight excluding hydrogens is 279 g/mol. The van der Waals surface area contributed by atoms with Crippen molar-refractivity contribution in [3.63, 3.8) is 0 Å². The number of benzene rings is 2. The maximum absolute atomic E-state index is 14.1. The average Bonchev–Trinajstić information content (AvgIpc) is 2.48. The van der Waals surface area contributed by atoms with Gasteiger partial charge in [-0.25, -0.2) is 4.39 Å². The van der Waals surface area contributed by atoms with Crippen LogP contribution in [-0.4, -0.2) is 5.91 Å². The van der Waals surface area contributed by atoms with Gasteiger partial charge in [-0.2, -0.15) is 5.26 Å². The lowest BCUT2D eigenvalue weighted by Crippen LogP contribution is -2.46. The Bertz CT molecular complexity index is 760. The third-order valence-electron chi connectivity index (χ3n) is 4.28. The van der Waals surface area contributed by atoms with Crippen molar-refractivity contribution in [2.45, 2.75) is 24.7 Å². The first-order valence-corrected chi connectivity index (χ1v) is 7.22. The van der Waals surface area contributed by atoms with Crippen LogP contribution in [0.3, 0.4) is 0 Å². The maximum Gasteiger partial charge on any atom is 0.235 e. The molecule has 0 saturated heterocycles. The van der Waals surface area contributed by atoms with E-state index in [9.17, 15) is 9.18 Å². The van der Waals surface area contributed by atoms with Gasteiger partial charge in [0.25, 0.3) is 0 Å². The molecule has 22 heavy (non-hydrogen) atoms. The summed E-state index contributed by atoms with van der Waals surface area (Å²) in [4.78, 5) is 12.7. The molecule has 2 aromatic rings. The van der Waals surface area contributed by atoms with Crippen molar-refractivity contribution < 1.29 is 9.18 Å². The molecule has 0 atom stereocenters. The molecule has 3 rings (SSSR count). The Morgan fingerprint density at radius 1 is 1.18 bits per heavy atom. The molecule has 0 radical (unpaired) electrons. The summed E-state index contributed by atoms with van der Waals surface area (Å²) in [5.74, 6) is -0.554. The minimum Gasteiger partial charge on any atom is -0.325 e. The standard InChI is InChI=1S/C18H15FN2O/c19-16-8-2-1-7-15(16)18(9-4-10-18)17(22)21-14-6-3-5-13(11-14)12-20/h1-3,5-8,11H,4,9-10H2,(H,21,22). The van der Waals surface area contributed by atoms with Gasteiger partial charge in [0.05, 0.1) is 17.0 Å². The summed E-state index contributed by atoms with van der Waals surface area (Å²) < 4.78 is 14.1. The first kappa shape index (κ1) is 14.3. The van der Waals surface area contributed by atoms with Gasteiger partial charge in [0, 0.05) is 11.3 Å². The summed E-state index contributed by atoms with van der Waals surface area (Å²) in [5.41, 5.74) is 0.696. The second-order valence-corrected chi connectivity index (χ2v) is 5.56. The van der Waals surface area contributed by atoms with Crippen LogP contribution >= 0.6 is 0 Å². The molecule has 0 heterocycles. The molecule has 1 fully saturated rings. The highest BCUT2D eigenvalue weighted by Crippen LogP contribution is 2.45. The Labute approximate surface area is 128 Å². The molecular formula is C18H15FN2O. The minimum atomic E-state index is -0.798. The zero-order valence-electron chi connectivity index (χ0n) is 12.0. The van der Waals surface area contributed by atoms with Crippen molar-refractivity contribution in [2.24, 2.45) is 0 Å². The van der Waals surface area contributed by atoms with E-state index >= 15 is 0 Å². The Morgan fingerprint density at radius 2 is 1.95 bits per heavy atom. The van der Waals surface area contributed by atoms with Crippen LogP contribution in [0.5, 0.6) is 0 Å². The van der Waals surface area contributed by atoms with Gasteiger partial charge in [0.15, 0.2) is 0 Å². The fraction of sp³-hybridized carbons (Fsp3) is 0.222. The highest BCUT2D eigenvalue weighted by atomic mass is 19.1. The van der Waals surface area contributed by atoms with E-state index in [1.54, 1.807) is 42.5 Å². The zero-order chi connectivity index (χ0) is 15.6. The number of hydrogen-bond donors (Lipinski definition) is 1. The molecule has 0 aromatic heterocycles. The third-order valence-corrected chi connectivity index (χ3v) is 4.28. The lowest BCUT2D eigenvalue weighted by molar-refractivity contribution is -0.124. The fourth-order valence-electron chi connectivity index (χ4n) is 2.92. The van der Waals surface area contributed by atoms with E-state index in [0.29, 0.717) is 29.7 Å². The van der Waals surface area contributed by atoms with Crippen LogP contribution in [0.2, 0.25) is 0 Å². The Balaban J connectivity index is 1.89. The van der Waals surface area contributed by atoms with Crippen molar-refractivity contribution in [1.29, 1.82) is 5.26 Å². The second-order valence-electron chi connectivity index (χ2n) is 5.56. The summed E-state index contributed by atoms with van der Waals surface area (Å²) >= 11 is 0. The number of anilines is 1. The molecule has 4 heteroatoms. The summed E-state index contributed by atoms with van der Waals surface area (Å²) in [5, 5.41) is 11.7. The van der Waals surface area contributed by atoms with Crippen LogP contribution in [0.25, 0.3) is 0 Å². The number of carbonyl (C=O) groups is 1. The zero-order valence-corrected chi connectivity index (χ0v) is 12.0. The highest BCUT2D eigenvalue weighted by Gasteiger charge is 2.47. The van der Waals surface area contributed by atoms with E-state index in [0.717, 1.165) is 6.42 Å². The maximum atomic E-state index is 14.1. The van der Waals surface area contributed by atoms with Crippen molar-refractivity contribution in [1.82, 2.24) is 0 Å². The summed E-state index contributed by atoms with van der Waals surface area (Å²) in [7, 11) is 0. The van der Waals surface area contributed by atoms with Crippen molar-refractivity contribution >= 4 is 11.6 Å². The van der Waals surface area contributed by atoms with Gasteiger partial charge in [-0.15, -0.1) is 0 Å². The summed E-state index contributed by atoms with van der Waals surface area (Å²) in [6, 6.07) is 15.2. The molecule has 0 aliphatic heterocycles. The molecule has 0 spiro atoms. The van der Waals surface area contributed by atoms with Crippen LogP contribution < -0.4 is 5.32 Å². The number of rotatable bonds is 3. The molecule has 1 aliphatic carbocycles. The molecule has 1 amide bonds. The lowest BCUT2D eigenvalue weighted by atomic mass is 9.63. The van der Waals surface area contributed by atoms with E-state index in [1.807, 2.05) is 6.07 Å². The van der Waals surface area contributed by atoms with E-state index in [4.69, 9.17) is 5.26 Å². The van der Waals surface area contributed by atoms with Crippen molar-refractivity contribution in [2.75, 3.05) is 5.32 Å². The number of amides is 1. The third kappa shape index (κ3) is 2.35. The molecule has 0 unspecified atom stereocenters. The van der Waals surface area contributed by atoms with Gasteiger partial charge in [-0.1, -0.05) is 30.7 Å². The first-order chi connectivity index (χ1) is 10.7. The lowest BCUT2D eigenvalue weighted by Gasteiger charge is -2.40. The molecule has 3 nitrogen and oxygen atoms in total. The van der Waals surface area contributed by atoms with Crippen LogP contribution in [0.4, 0.5) is 10.1 Å². The average molecular weight is 294 g/mol. The molecule has 1 aliphatic rings. The summed E-state index contributed by atoms with van der Waals surface area (Å²) in [6.07, 6.45) is 2.18. The van der Waals surface area contributed by atoms with Crippen molar-refractivity contribution in [3.8, 4) is 6.07 Å². The number of nitriles is 1. The van der Waals surface area contributed by atoms with Crippen LogP contribution in [0, 0.1) is 17.1 Å². The number of nitrogens with one attached hydrogen (secondary N) is 1. The molecule has 110 valence electrons. The van der Waals surface area contributed by atoms with Crippen LogP contribution in [-0.2, 0) is 10.2 Å². The molecule has 1 saturated carbocycles. The smallest absolute Gasteiger partial charge is 0.235 e. The molecule has 2 aromatic carbocycles. The largest absolute Gasteiger partial charge is 0.325 e. The fourth-order valence-corrected chi connectivity index (χ4v) is 2.92. The van der Waals surface area contributed by atoms with E-state index in [2.05, 4.69) is 5.32 Å². The van der Waals surface area contributed by atoms with Gasteiger partial charge < -0.3 is 5.32 Å². The minimum absolute atomic E-state index is 0.209. The van der Waals surface area contributed by atoms with Gasteiger partial charge in [-0.3, -0.25) is 4.79 Å². The highest BCUT2D eigenvalue weighted by molar-refractivity contribution is 6.00. The predicted octanol–water partition coefficient (Wildman–Crippen LogP) is 3.76. The van der Waals surface area contributed by atoms with E-state index in [1.165, 1.54) is 6.07 Å². The quantitative estimate of drug-likeness (QED) is 0.937. The topological polar surface area (TPSA) is 52.9 Å². The van der Waals surface area contributed by atoms with Crippen molar-refractivity contribution in [3.05, 3.63) is 65.5 Å². The predicted molar refractivity (Wildman–Crippen MR) is 81.7 cm³/mol. The molecule has 1 N–H and O–H groups in total. The first-order valence-electron chi connectivity index (χ1n) is 7.22. The Hall–Kier alpha value is -2.67. The number of nitrogens with zero attached hydrogens (tertiary/aromatic N) is 1. The number of carbonyl (C=O) groups excluding carboxylic acids is 1. The monoisotopic (exact) mass is 294 g/mol. The number of hydrogen-bond acceptors (Lipinski definition) is 2. The van der Waals surface area contributed by atoms with Crippen LogP contribution in [0.1, 0.15) is 30.4 Å². The Kier molecular flexibility index (Phi) is 3.64. The summed E-state index contributed by atoms with van der Waals surface area (Å²) in [6.45, 7) is 0. The van der Waals surface area contributed by atoms with E-state index < -0.39 is 5.41 Å². The number of halogens is 1. The van der Waals surface area contributed by atoms with Gasteiger partial charge in [0.1, 0.15) is 5.82 Å². The van der Waals surface area contributed by atoms with Gasteiger partial charge in [0.2, 0.25) is 5.91 Å². The Morgan fingerprint density at radius 3 is 2.59 bits per heavy atom. The van der Waals surface area contributed by atoms with Crippen LogP contribution in [0.15, 0.2) is 48.5 Å². The second kappa shape index (κ2) is 5.61. The van der Waals surface area contributed by atoms with Gasteiger partial charge in [-0.05, 0) is 37.1 Å². The molecule has 0 bridgehead atoms.